The topological polar surface area (TPSA) is 44.8 Å². The Morgan fingerprint density at radius 1 is 1.07 bits per heavy atom. The lowest BCUT2D eigenvalue weighted by atomic mass is 10.4. The molecule has 0 aromatic rings. The van der Waals surface area contributed by atoms with Gasteiger partial charge in [-0.05, 0) is 34.2 Å². The van der Waals surface area contributed by atoms with Crippen molar-refractivity contribution in [3.63, 3.8) is 0 Å². The Balaban J connectivity index is 4.15. The quantitative estimate of drug-likeness (QED) is 0.491. The maximum atomic E-state index is 11.4. The maximum Gasteiger partial charge on any atom is 0.349 e. The molecule has 0 rings (SSSR count). The second-order valence-electron chi connectivity index (χ2n) is 3.45. The highest BCUT2D eigenvalue weighted by Crippen LogP contribution is 2.05. The first-order chi connectivity index (χ1) is 6.47. The molecule has 0 fully saturated rings. The lowest BCUT2D eigenvalue weighted by molar-refractivity contribution is -0.204. The van der Waals surface area contributed by atoms with E-state index in [0.717, 1.165) is 0 Å². The van der Waals surface area contributed by atoms with E-state index in [4.69, 9.17) is 13.9 Å². The van der Waals surface area contributed by atoms with Gasteiger partial charge in [0, 0.05) is 0 Å². The number of hydrogen-bond acceptors (Lipinski definition) is 4. The lowest BCUT2D eigenvalue weighted by Gasteiger charge is -2.21. The largest absolute Gasteiger partial charge is 0.522 e. The molecule has 0 aliphatic rings. The van der Waals surface area contributed by atoms with Crippen LogP contribution in [0.3, 0.4) is 0 Å². The SMILES string of the molecule is C[SiH2]OC(=O)C(OC(C)C)OC(C)C. The summed E-state index contributed by atoms with van der Waals surface area (Å²) in [4.78, 5) is 11.4. The zero-order chi connectivity index (χ0) is 11.1. The summed E-state index contributed by atoms with van der Waals surface area (Å²) in [5.41, 5.74) is 0. The number of carbonyl (C=O) groups is 1. The summed E-state index contributed by atoms with van der Waals surface area (Å²) in [6, 6.07) is 0. The van der Waals surface area contributed by atoms with E-state index in [0.29, 0.717) is 0 Å². The van der Waals surface area contributed by atoms with Crippen LogP contribution in [0, 0.1) is 0 Å². The van der Waals surface area contributed by atoms with Gasteiger partial charge in [-0.2, -0.15) is 0 Å². The van der Waals surface area contributed by atoms with Crippen molar-refractivity contribution in [2.24, 2.45) is 0 Å². The second kappa shape index (κ2) is 6.97. The van der Waals surface area contributed by atoms with Crippen molar-refractivity contribution in [2.75, 3.05) is 0 Å². The average molecular weight is 220 g/mol. The molecule has 0 amide bonds. The molecule has 14 heavy (non-hydrogen) atoms. The van der Waals surface area contributed by atoms with Gasteiger partial charge >= 0.3 is 5.97 Å². The van der Waals surface area contributed by atoms with Crippen LogP contribution in [0.4, 0.5) is 0 Å². The van der Waals surface area contributed by atoms with Crippen LogP contribution in [-0.4, -0.2) is 34.2 Å². The van der Waals surface area contributed by atoms with E-state index < -0.39 is 22.0 Å². The zero-order valence-electron chi connectivity index (χ0n) is 9.57. The maximum absolute atomic E-state index is 11.4. The molecule has 0 unspecified atom stereocenters. The van der Waals surface area contributed by atoms with Crippen molar-refractivity contribution in [1.29, 1.82) is 0 Å². The van der Waals surface area contributed by atoms with Gasteiger partial charge in [0.1, 0.15) is 0 Å². The molecule has 0 atom stereocenters. The Bertz CT molecular complexity index is 160. The predicted octanol–water partition coefficient (Wildman–Crippen LogP) is 0.838. The number of carbonyl (C=O) groups excluding carboxylic acids is 1. The third kappa shape index (κ3) is 6.12. The summed E-state index contributed by atoms with van der Waals surface area (Å²) < 4.78 is 15.6. The van der Waals surface area contributed by atoms with Crippen LogP contribution in [0.25, 0.3) is 0 Å². The third-order valence-corrected chi connectivity index (χ3v) is 1.84. The summed E-state index contributed by atoms with van der Waals surface area (Å²) in [6.07, 6.45) is -0.975. The lowest BCUT2D eigenvalue weighted by Crippen LogP contribution is -2.34. The van der Waals surface area contributed by atoms with Crippen LogP contribution in [0.2, 0.25) is 6.55 Å². The normalized spacial score (nSPS) is 12.3. The molecule has 84 valence electrons. The smallest absolute Gasteiger partial charge is 0.349 e. The molecule has 0 aromatic carbocycles. The molecule has 4 nitrogen and oxygen atoms in total. The van der Waals surface area contributed by atoms with Gasteiger partial charge in [0.15, 0.2) is 0 Å². The number of ether oxygens (including phenoxy) is 2. The van der Waals surface area contributed by atoms with Gasteiger partial charge in [0.25, 0.3) is 6.29 Å². The molecule has 0 bridgehead atoms. The summed E-state index contributed by atoms with van der Waals surface area (Å²) >= 11 is 0. The van der Waals surface area contributed by atoms with E-state index in [1.807, 2.05) is 34.2 Å². The predicted molar refractivity (Wildman–Crippen MR) is 56.7 cm³/mol. The van der Waals surface area contributed by atoms with Gasteiger partial charge in [-0.25, -0.2) is 4.79 Å². The minimum absolute atomic E-state index is 0.0511. The number of hydrogen-bond donors (Lipinski definition) is 0. The molecule has 0 N–H and O–H groups in total. The van der Waals surface area contributed by atoms with Crippen molar-refractivity contribution in [1.82, 2.24) is 0 Å². The van der Waals surface area contributed by atoms with E-state index in [2.05, 4.69) is 0 Å². The fourth-order valence-electron chi connectivity index (χ4n) is 0.848. The summed E-state index contributed by atoms with van der Waals surface area (Å²) in [7, 11) is -0.754. The monoisotopic (exact) mass is 220 g/mol. The number of rotatable bonds is 6. The second-order valence-corrected chi connectivity index (χ2v) is 4.32. The average Bonchev–Trinajstić information content (AvgIpc) is 2.01. The van der Waals surface area contributed by atoms with Gasteiger partial charge in [-0.3, -0.25) is 0 Å². The summed E-state index contributed by atoms with van der Waals surface area (Å²) in [6.45, 7) is 9.31. The summed E-state index contributed by atoms with van der Waals surface area (Å²) in [5.74, 6) is -0.401. The molecule has 0 aliphatic carbocycles. The van der Waals surface area contributed by atoms with E-state index >= 15 is 0 Å². The van der Waals surface area contributed by atoms with Crippen molar-refractivity contribution in [3.8, 4) is 0 Å². The van der Waals surface area contributed by atoms with Crippen LogP contribution in [0.1, 0.15) is 27.7 Å². The van der Waals surface area contributed by atoms with Gasteiger partial charge in [-0.15, -0.1) is 0 Å². The third-order valence-electron chi connectivity index (χ3n) is 1.27. The zero-order valence-corrected chi connectivity index (χ0v) is 11.0. The summed E-state index contributed by atoms with van der Waals surface area (Å²) in [5, 5.41) is 0. The molecule has 0 saturated heterocycles. The van der Waals surface area contributed by atoms with Gasteiger partial charge in [0.2, 0.25) is 9.76 Å². The molecule has 0 spiro atoms. The van der Waals surface area contributed by atoms with Crippen molar-refractivity contribution < 1.29 is 18.7 Å². The molecule has 0 saturated carbocycles. The Morgan fingerprint density at radius 2 is 1.50 bits per heavy atom. The Kier molecular flexibility index (Phi) is 6.78. The molecule has 0 aliphatic heterocycles. The van der Waals surface area contributed by atoms with Crippen molar-refractivity contribution in [2.45, 2.75) is 52.7 Å². The first kappa shape index (κ1) is 13.6. The fraction of sp³-hybridized carbons (Fsp3) is 0.889. The Hall–Kier alpha value is -0.393. The van der Waals surface area contributed by atoms with Crippen LogP contribution in [0.15, 0.2) is 0 Å². The Morgan fingerprint density at radius 3 is 1.79 bits per heavy atom. The molecular formula is C9H20O4Si. The van der Waals surface area contributed by atoms with E-state index in [1.54, 1.807) is 0 Å². The van der Waals surface area contributed by atoms with E-state index in [1.165, 1.54) is 0 Å². The van der Waals surface area contributed by atoms with Crippen LogP contribution in [0.5, 0.6) is 0 Å². The molecule has 0 heterocycles. The van der Waals surface area contributed by atoms with Crippen LogP contribution >= 0.6 is 0 Å². The van der Waals surface area contributed by atoms with Gasteiger partial charge in [0.05, 0.1) is 12.2 Å². The molecule has 5 heteroatoms. The van der Waals surface area contributed by atoms with E-state index in [-0.39, 0.29) is 12.2 Å². The van der Waals surface area contributed by atoms with Crippen molar-refractivity contribution >= 4 is 15.7 Å². The molecular weight excluding hydrogens is 200 g/mol. The Labute approximate surface area is 87.9 Å². The van der Waals surface area contributed by atoms with Crippen molar-refractivity contribution in [3.05, 3.63) is 0 Å². The van der Waals surface area contributed by atoms with Gasteiger partial charge < -0.3 is 13.9 Å². The van der Waals surface area contributed by atoms with Gasteiger partial charge in [-0.1, -0.05) is 0 Å². The van der Waals surface area contributed by atoms with Crippen LogP contribution in [-0.2, 0) is 18.7 Å². The van der Waals surface area contributed by atoms with E-state index in [9.17, 15) is 4.79 Å². The highest BCUT2D eigenvalue weighted by atomic mass is 28.2. The minimum Gasteiger partial charge on any atom is -0.522 e. The molecule has 0 radical (unpaired) electrons. The first-order valence-corrected chi connectivity index (χ1v) is 6.94. The first-order valence-electron chi connectivity index (χ1n) is 4.94. The minimum atomic E-state index is -0.873. The highest BCUT2D eigenvalue weighted by molar-refractivity contribution is 6.28. The fourth-order valence-corrected chi connectivity index (χ4v) is 1.27. The highest BCUT2D eigenvalue weighted by Gasteiger charge is 2.23. The molecule has 0 aromatic heterocycles. The standard InChI is InChI=1S/C9H20O4Si/c1-6(2)11-9(12-7(3)4)8(10)13-14-5/h6-7,9H,14H2,1-5H3. The van der Waals surface area contributed by atoms with Crippen LogP contribution < -0.4 is 0 Å².